The molecule has 6 atom stereocenters. The summed E-state index contributed by atoms with van der Waals surface area (Å²) in [5.74, 6) is -0.197. The van der Waals surface area contributed by atoms with Crippen molar-refractivity contribution in [3.63, 3.8) is 0 Å². The lowest BCUT2D eigenvalue weighted by molar-refractivity contribution is -0.263. The molecule has 0 saturated carbocycles. The van der Waals surface area contributed by atoms with Crippen molar-refractivity contribution in [2.75, 3.05) is 0 Å². The first-order valence-electron chi connectivity index (χ1n) is 6.23. The van der Waals surface area contributed by atoms with Crippen molar-refractivity contribution in [2.45, 2.75) is 37.6 Å². The highest BCUT2D eigenvalue weighted by atomic mass is 16.8. The number of aliphatic hydroxyl groups is 1. The average molecular weight is 250 g/mol. The Hall–Kier alpha value is -1.17. The van der Waals surface area contributed by atoms with Crippen LogP contribution in [0.15, 0.2) is 23.8 Å². The molecule has 1 spiro atoms. The molecule has 0 aromatic rings. The van der Waals surface area contributed by atoms with Gasteiger partial charge in [-0.2, -0.15) is 0 Å². The second-order valence-corrected chi connectivity index (χ2v) is 5.25. The highest BCUT2D eigenvalue weighted by Gasteiger charge is 2.69. The summed E-state index contributed by atoms with van der Waals surface area (Å²) in [6.45, 7) is 1.80. The standard InChI is InChI=1S/C13H14O5/c1-2-7-10-13(18-11(7)15)4-3-6-5-8(14)16-12(17-10)9(6)13/h2-4,6,8-10,12,14H,5H2,1H3/b7-2+/t6-,8+,9-,10+,12-,13+/m1/s1. The van der Waals surface area contributed by atoms with Gasteiger partial charge in [0.15, 0.2) is 18.2 Å². The van der Waals surface area contributed by atoms with E-state index in [0.29, 0.717) is 12.0 Å². The van der Waals surface area contributed by atoms with E-state index in [1.54, 1.807) is 13.0 Å². The summed E-state index contributed by atoms with van der Waals surface area (Å²) in [5.41, 5.74) is -0.165. The van der Waals surface area contributed by atoms with E-state index < -0.39 is 24.3 Å². The molecule has 4 aliphatic rings. The van der Waals surface area contributed by atoms with Crippen LogP contribution in [-0.4, -0.2) is 35.4 Å². The van der Waals surface area contributed by atoms with Gasteiger partial charge < -0.3 is 19.3 Å². The zero-order valence-corrected chi connectivity index (χ0v) is 9.91. The molecular formula is C13H14O5. The zero-order valence-electron chi connectivity index (χ0n) is 9.91. The Bertz CT molecular complexity index is 482. The van der Waals surface area contributed by atoms with Crippen LogP contribution in [0.3, 0.4) is 0 Å². The van der Waals surface area contributed by atoms with Crippen molar-refractivity contribution < 1.29 is 24.1 Å². The topological polar surface area (TPSA) is 65.0 Å². The Morgan fingerprint density at radius 2 is 2.33 bits per heavy atom. The number of hydrogen-bond acceptors (Lipinski definition) is 5. The van der Waals surface area contributed by atoms with Gasteiger partial charge >= 0.3 is 5.97 Å². The van der Waals surface area contributed by atoms with Gasteiger partial charge in [0.25, 0.3) is 0 Å². The second kappa shape index (κ2) is 3.23. The molecule has 96 valence electrons. The van der Waals surface area contributed by atoms with Crippen molar-refractivity contribution in [1.82, 2.24) is 0 Å². The smallest absolute Gasteiger partial charge is 0.337 e. The molecule has 18 heavy (non-hydrogen) atoms. The minimum atomic E-state index is -0.806. The first-order chi connectivity index (χ1) is 8.65. The maximum absolute atomic E-state index is 11.8. The van der Waals surface area contributed by atoms with E-state index >= 15 is 0 Å². The summed E-state index contributed by atoms with van der Waals surface area (Å²) >= 11 is 0. The molecule has 0 amide bonds. The normalized spacial score (nSPS) is 54.7. The number of carbonyl (C=O) groups excluding carboxylic acids is 1. The first-order valence-corrected chi connectivity index (χ1v) is 6.23. The third-order valence-corrected chi connectivity index (χ3v) is 4.42. The van der Waals surface area contributed by atoms with Crippen LogP contribution in [0, 0.1) is 11.8 Å². The maximum Gasteiger partial charge on any atom is 0.337 e. The number of aliphatic hydroxyl groups excluding tert-OH is 1. The molecule has 5 heteroatoms. The minimum Gasteiger partial charge on any atom is -0.448 e. The summed E-state index contributed by atoms with van der Waals surface area (Å²) in [7, 11) is 0. The van der Waals surface area contributed by atoms with E-state index in [0.717, 1.165) is 0 Å². The lowest BCUT2D eigenvalue weighted by atomic mass is 9.80. The lowest BCUT2D eigenvalue weighted by Crippen LogP contribution is -2.45. The third kappa shape index (κ3) is 1.06. The molecule has 0 unspecified atom stereocenters. The van der Waals surface area contributed by atoms with Gasteiger partial charge in [0.2, 0.25) is 0 Å². The second-order valence-electron chi connectivity index (χ2n) is 5.25. The van der Waals surface area contributed by atoms with Gasteiger partial charge in [0, 0.05) is 6.42 Å². The van der Waals surface area contributed by atoms with Gasteiger partial charge in [-0.25, -0.2) is 4.79 Å². The molecule has 5 nitrogen and oxygen atoms in total. The van der Waals surface area contributed by atoms with Crippen molar-refractivity contribution in [3.05, 3.63) is 23.8 Å². The molecule has 3 aliphatic heterocycles. The highest BCUT2D eigenvalue weighted by Crippen LogP contribution is 2.57. The summed E-state index contributed by atoms with van der Waals surface area (Å²) in [4.78, 5) is 11.8. The molecule has 0 aromatic heterocycles. The fourth-order valence-electron chi connectivity index (χ4n) is 3.69. The Kier molecular flexibility index (Phi) is 1.92. The number of hydrogen-bond donors (Lipinski definition) is 1. The fourth-order valence-corrected chi connectivity index (χ4v) is 3.69. The average Bonchev–Trinajstić information content (AvgIpc) is 2.89. The van der Waals surface area contributed by atoms with Crippen LogP contribution in [0.25, 0.3) is 0 Å². The molecule has 3 saturated heterocycles. The van der Waals surface area contributed by atoms with Crippen LogP contribution in [0.4, 0.5) is 0 Å². The van der Waals surface area contributed by atoms with Crippen molar-refractivity contribution >= 4 is 5.97 Å². The number of rotatable bonds is 0. The summed E-state index contributed by atoms with van der Waals surface area (Å²) in [6.07, 6.45) is 4.49. The van der Waals surface area contributed by atoms with Gasteiger partial charge in [-0.15, -0.1) is 0 Å². The Morgan fingerprint density at radius 3 is 3.11 bits per heavy atom. The van der Waals surface area contributed by atoms with E-state index in [1.165, 1.54) is 0 Å². The summed E-state index contributed by atoms with van der Waals surface area (Å²) < 4.78 is 16.8. The molecule has 1 N–H and O–H groups in total. The molecule has 0 bridgehead atoms. The third-order valence-electron chi connectivity index (χ3n) is 4.42. The van der Waals surface area contributed by atoms with Crippen molar-refractivity contribution in [1.29, 1.82) is 0 Å². The van der Waals surface area contributed by atoms with E-state index in [2.05, 4.69) is 0 Å². The number of allylic oxidation sites excluding steroid dienone is 2. The quantitative estimate of drug-likeness (QED) is 0.385. The Labute approximate surface area is 104 Å². The van der Waals surface area contributed by atoms with Crippen LogP contribution in [0.2, 0.25) is 0 Å². The first kappa shape index (κ1) is 10.7. The zero-order chi connectivity index (χ0) is 12.5. The van der Waals surface area contributed by atoms with Crippen LogP contribution >= 0.6 is 0 Å². The van der Waals surface area contributed by atoms with Crippen LogP contribution in [0.1, 0.15) is 13.3 Å². The van der Waals surface area contributed by atoms with Crippen LogP contribution in [0.5, 0.6) is 0 Å². The van der Waals surface area contributed by atoms with E-state index in [1.807, 2.05) is 12.2 Å². The predicted octanol–water partition coefficient (Wildman–Crippen LogP) is 0.494. The number of carbonyl (C=O) groups is 1. The van der Waals surface area contributed by atoms with E-state index in [4.69, 9.17) is 14.2 Å². The highest BCUT2D eigenvalue weighted by molar-refractivity contribution is 5.93. The SMILES string of the molecule is C/C=C1/C(=O)O[C@]23C=C[C@@H]4C[C@@H](O)O[C@H](O[C@@H]12)[C@@H]43. The Morgan fingerprint density at radius 1 is 1.50 bits per heavy atom. The predicted molar refractivity (Wildman–Crippen MR) is 59.1 cm³/mol. The number of esters is 1. The lowest BCUT2D eigenvalue weighted by Gasteiger charge is -2.35. The van der Waals surface area contributed by atoms with Gasteiger partial charge in [-0.05, 0) is 18.9 Å². The van der Waals surface area contributed by atoms with Gasteiger partial charge in [0.05, 0.1) is 11.5 Å². The van der Waals surface area contributed by atoms with Crippen molar-refractivity contribution in [2.24, 2.45) is 11.8 Å². The molecule has 0 radical (unpaired) electrons. The molecule has 3 fully saturated rings. The summed E-state index contributed by atoms with van der Waals surface area (Å²) in [6, 6.07) is 0. The van der Waals surface area contributed by atoms with Gasteiger partial charge in [-0.3, -0.25) is 0 Å². The fraction of sp³-hybridized carbons (Fsp3) is 0.615. The van der Waals surface area contributed by atoms with Gasteiger partial charge in [-0.1, -0.05) is 12.2 Å². The molecule has 0 aromatic carbocycles. The molecular weight excluding hydrogens is 236 g/mol. The Balaban J connectivity index is 1.80. The van der Waals surface area contributed by atoms with Crippen molar-refractivity contribution in [3.8, 4) is 0 Å². The molecule has 1 aliphatic carbocycles. The largest absolute Gasteiger partial charge is 0.448 e. The number of ether oxygens (including phenoxy) is 3. The van der Waals surface area contributed by atoms with E-state index in [-0.39, 0.29) is 17.8 Å². The minimum absolute atomic E-state index is 0.0349. The molecule has 4 rings (SSSR count). The summed E-state index contributed by atoms with van der Waals surface area (Å²) in [5, 5.41) is 9.65. The van der Waals surface area contributed by atoms with E-state index in [9.17, 15) is 9.90 Å². The van der Waals surface area contributed by atoms with Gasteiger partial charge in [0.1, 0.15) is 6.10 Å². The van der Waals surface area contributed by atoms with Crippen LogP contribution < -0.4 is 0 Å². The van der Waals surface area contributed by atoms with Crippen LogP contribution in [-0.2, 0) is 19.0 Å². The monoisotopic (exact) mass is 250 g/mol. The molecule has 3 heterocycles. The maximum atomic E-state index is 11.8.